The van der Waals surface area contributed by atoms with Crippen LogP contribution in [0.5, 0.6) is 5.75 Å². The molecule has 1 aromatic heterocycles. The van der Waals surface area contributed by atoms with Gasteiger partial charge in [0.15, 0.2) is 10.1 Å². The van der Waals surface area contributed by atoms with Crippen LogP contribution in [0.15, 0.2) is 51.3 Å². The van der Waals surface area contributed by atoms with Gasteiger partial charge in [-0.05, 0) is 43.4 Å². The Morgan fingerprint density at radius 3 is 2.62 bits per heavy atom. The third-order valence-corrected chi connectivity index (χ3v) is 9.10. The van der Waals surface area contributed by atoms with Crippen LogP contribution >= 0.6 is 23.1 Å². The molecule has 0 spiro atoms. The number of nitrogens with zero attached hydrogens (tertiary/aromatic N) is 4. The minimum absolute atomic E-state index is 0.0636. The lowest BCUT2D eigenvalue weighted by molar-refractivity contribution is -0.116. The molecule has 0 amide bonds. The molecule has 2 aromatic rings. The van der Waals surface area contributed by atoms with Gasteiger partial charge in [0.2, 0.25) is 5.13 Å². The number of rotatable bonds is 5. The summed E-state index contributed by atoms with van der Waals surface area (Å²) >= 11 is 3.28. The molecular formula is C25H27N5O2S2. The van der Waals surface area contributed by atoms with Gasteiger partial charge in [-0.1, -0.05) is 54.5 Å². The molecule has 5 rings (SSSR count). The van der Waals surface area contributed by atoms with Crippen LogP contribution in [0, 0.1) is 11.3 Å². The third kappa shape index (κ3) is 4.21. The first-order valence-electron chi connectivity index (χ1n) is 11.7. The van der Waals surface area contributed by atoms with Crippen LogP contribution in [-0.4, -0.2) is 28.3 Å². The number of aromatic nitrogens is 2. The number of ketones is 1. The van der Waals surface area contributed by atoms with E-state index in [9.17, 15) is 10.1 Å². The number of carbonyl (C=O) groups excluding carboxylic acids is 1. The Balaban J connectivity index is 1.55. The van der Waals surface area contributed by atoms with Gasteiger partial charge in [-0.3, -0.25) is 9.69 Å². The second kappa shape index (κ2) is 9.80. The molecule has 1 aromatic carbocycles. The first-order valence-corrected chi connectivity index (χ1v) is 13.4. The van der Waals surface area contributed by atoms with E-state index < -0.39 is 5.92 Å². The van der Waals surface area contributed by atoms with E-state index >= 15 is 0 Å². The van der Waals surface area contributed by atoms with Gasteiger partial charge in [-0.25, -0.2) is 0 Å². The first-order chi connectivity index (χ1) is 16.6. The van der Waals surface area contributed by atoms with Crippen molar-refractivity contribution in [2.45, 2.75) is 66.9 Å². The van der Waals surface area contributed by atoms with Gasteiger partial charge in [0.1, 0.15) is 11.6 Å². The molecule has 1 fully saturated rings. The Kier molecular flexibility index (Phi) is 6.61. The summed E-state index contributed by atoms with van der Waals surface area (Å²) < 4.78 is 6.20. The van der Waals surface area contributed by atoms with Gasteiger partial charge in [0.05, 0.1) is 24.7 Å². The number of carbonyl (C=O) groups is 1. The van der Waals surface area contributed by atoms with E-state index in [1.54, 1.807) is 18.9 Å². The zero-order chi connectivity index (χ0) is 23.7. The molecule has 34 heavy (non-hydrogen) atoms. The predicted octanol–water partition coefficient (Wildman–Crippen LogP) is 5.28. The molecule has 3 aliphatic rings. The molecule has 2 aliphatic carbocycles. The molecule has 0 radical (unpaired) electrons. The summed E-state index contributed by atoms with van der Waals surface area (Å²) in [7, 11) is 1.61. The lowest BCUT2D eigenvalue weighted by Crippen LogP contribution is -2.38. The molecule has 0 saturated heterocycles. The molecule has 176 valence electrons. The molecule has 2 heterocycles. The summed E-state index contributed by atoms with van der Waals surface area (Å²) in [5.74, 6) is 0.632. The number of methoxy groups -OCH3 is 1. The summed E-state index contributed by atoms with van der Waals surface area (Å²) in [6, 6.07) is 9.80. The largest absolute Gasteiger partial charge is 0.497 e. The fraction of sp³-hybridized carbons (Fsp3) is 0.440. The highest BCUT2D eigenvalue weighted by Gasteiger charge is 2.41. The van der Waals surface area contributed by atoms with Crippen LogP contribution in [0.25, 0.3) is 0 Å². The number of hydrogen-bond acceptors (Lipinski definition) is 9. The van der Waals surface area contributed by atoms with Crippen LogP contribution in [0.4, 0.5) is 5.13 Å². The second-order valence-electron chi connectivity index (χ2n) is 8.82. The summed E-state index contributed by atoms with van der Waals surface area (Å²) in [6.07, 6.45) is 8.18. The van der Waals surface area contributed by atoms with Crippen molar-refractivity contribution in [3.05, 3.63) is 52.5 Å². The van der Waals surface area contributed by atoms with Crippen LogP contribution in [0.3, 0.4) is 0 Å². The van der Waals surface area contributed by atoms with Crippen molar-refractivity contribution in [1.82, 2.24) is 10.2 Å². The van der Waals surface area contributed by atoms with E-state index in [2.05, 4.69) is 16.3 Å². The van der Waals surface area contributed by atoms with Crippen LogP contribution in [0.1, 0.15) is 62.8 Å². The van der Waals surface area contributed by atoms with E-state index in [4.69, 9.17) is 10.5 Å². The summed E-state index contributed by atoms with van der Waals surface area (Å²) in [5, 5.41) is 20.2. The quantitative estimate of drug-likeness (QED) is 0.600. The Hall–Kier alpha value is -2.83. The number of nitriles is 1. The minimum Gasteiger partial charge on any atom is -0.497 e. The van der Waals surface area contributed by atoms with E-state index in [1.165, 1.54) is 43.4 Å². The number of allylic oxidation sites excluding steroid dienone is 3. The average molecular weight is 494 g/mol. The molecule has 7 nitrogen and oxygen atoms in total. The number of anilines is 1. The van der Waals surface area contributed by atoms with Crippen molar-refractivity contribution in [1.29, 1.82) is 5.26 Å². The molecule has 1 saturated carbocycles. The highest BCUT2D eigenvalue weighted by atomic mass is 32.2. The van der Waals surface area contributed by atoms with Gasteiger partial charge >= 0.3 is 0 Å². The van der Waals surface area contributed by atoms with Crippen LogP contribution in [0.2, 0.25) is 0 Å². The topological polar surface area (TPSA) is 105 Å². The highest BCUT2D eigenvalue weighted by molar-refractivity contribution is 8.01. The average Bonchev–Trinajstić information content (AvgIpc) is 3.32. The lowest BCUT2D eigenvalue weighted by atomic mass is 9.76. The maximum atomic E-state index is 13.2. The summed E-state index contributed by atoms with van der Waals surface area (Å²) in [5.41, 5.74) is 9.36. The van der Waals surface area contributed by atoms with E-state index in [0.717, 1.165) is 27.8 Å². The SMILES string of the molecule is COc1ccc(C2C(C#N)=C(N)N(c3nnc(SC4CCCCC4)s3)C3=C2C(=O)CCC3)cc1. The van der Waals surface area contributed by atoms with Gasteiger partial charge in [0, 0.05) is 22.9 Å². The highest BCUT2D eigenvalue weighted by Crippen LogP contribution is 2.47. The molecule has 1 aliphatic heterocycles. The number of benzene rings is 1. The molecule has 1 atom stereocenters. The third-order valence-electron chi connectivity index (χ3n) is 6.77. The zero-order valence-corrected chi connectivity index (χ0v) is 20.8. The number of nitrogens with two attached hydrogens (primary N) is 1. The van der Waals surface area contributed by atoms with Gasteiger partial charge in [-0.15, -0.1) is 10.2 Å². The molecule has 9 heteroatoms. The van der Waals surface area contributed by atoms with Crippen molar-refractivity contribution in [3.63, 3.8) is 0 Å². The van der Waals surface area contributed by atoms with E-state index in [-0.39, 0.29) is 5.78 Å². The van der Waals surface area contributed by atoms with Crippen molar-refractivity contribution >= 4 is 34.0 Å². The predicted molar refractivity (Wildman–Crippen MR) is 134 cm³/mol. The standard InChI is InChI=1S/C25H27N5O2S2/c1-32-16-12-10-15(11-13-16)21-18(14-26)23(27)30(19-8-5-9-20(31)22(19)21)24-28-29-25(34-24)33-17-6-3-2-4-7-17/h10-13,17,21H,2-9,27H2,1H3. The molecular weight excluding hydrogens is 466 g/mol. The maximum absolute atomic E-state index is 13.2. The Labute approximate surface area is 207 Å². The Bertz CT molecular complexity index is 1190. The number of Topliss-reactive ketones (excluding diaryl/α,β-unsaturated/α-hetero) is 1. The maximum Gasteiger partial charge on any atom is 0.219 e. The van der Waals surface area contributed by atoms with Crippen molar-refractivity contribution < 1.29 is 9.53 Å². The number of thioether (sulfide) groups is 1. The first kappa shape index (κ1) is 22.9. The number of hydrogen-bond donors (Lipinski definition) is 1. The van der Waals surface area contributed by atoms with Gasteiger partial charge in [0.25, 0.3) is 0 Å². The minimum atomic E-state index is -0.487. The molecule has 2 N–H and O–H groups in total. The second-order valence-corrected chi connectivity index (χ2v) is 11.3. The van der Waals surface area contributed by atoms with E-state index in [0.29, 0.717) is 40.2 Å². The number of ether oxygens (including phenoxy) is 1. The monoisotopic (exact) mass is 493 g/mol. The summed E-state index contributed by atoms with van der Waals surface area (Å²) in [4.78, 5) is 15.0. The molecule has 1 unspecified atom stereocenters. The van der Waals surface area contributed by atoms with Crippen molar-refractivity contribution in [2.75, 3.05) is 12.0 Å². The van der Waals surface area contributed by atoms with Crippen molar-refractivity contribution in [2.24, 2.45) is 5.73 Å². The molecule has 0 bridgehead atoms. The lowest BCUT2D eigenvalue weighted by Gasteiger charge is -2.38. The Morgan fingerprint density at radius 2 is 1.91 bits per heavy atom. The normalized spacial score (nSPS) is 21.5. The summed E-state index contributed by atoms with van der Waals surface area (Å²) in [6.45, 7) is 0. The van der Waals surface area contributed by atoms with Gasteiger partial charge in [-0.2, -0.15) is 5.26 Å². The van der Waals surface area contributed by atoms with E-state index in [1.807, 2.05) is 29.2 Å². The fourth-order valence-electron chi connectivity index (χ4n) is 5.10. The zero-order valence-electron chi connectivity index (χ0n) is 19.1. The van der Waals surface area contributed by atoms with Crippen LogP contribution in [-0.2, 0) is 4.79 Å². The fourth-order valence-corrected chi connectivity index (χ4v) is 7.49. The van der Waals surface area contributed by atoms with Crippen LogP contribution < -0.4 is 15.4 Å². The Morgan fingerprint density at radius 1 is 1.15 bits per heavy atom. The van der Waals surface area contributed by atoms with Gasteiger partial charge < -0.3 is 10.5 Å². The van der Waals surface area contributed by atoms with Crippen molar-refractivity contribution in [3.8, 4) is 11.8 Å². The smallest absolute Gasteiger partial charge is 0.219 e.